The average Bonchev–Trinajstić information content (AvgIpc) is 3.20. The molecule has 0 unspecified atom stereocenters. The number of fused-ring (bicyclic) bond motifs is 1. The van der Waals surface area contributed by atoms with Gasteiger partial charge in [-0.3, -0.25) is 9.36 Å². The van der Waals surface area contributed by atoms with Crippen LogP contribution in [0.2, 0.25) is 0 Å². The van der Waals surface area contributed by atoms with Crippen LogP contribution in [0.25, 0.3) is 21.3 Å². The fourth-order valence-corrected chi connectivity index (χ4v) is 4.21. The minimum Gasteiger partial charge on any atom is -0.491 e. The highest BCUT2D eigenvalue weighted by molar-refractivity contribution is 9.10. The second kappa shape index (κ2) is 8.79. The SMILES string of the molecule is N#Cc1ccc(OC[C@H](O)Cn2cnc3scc(-c4ccc(Br)cc4)c3c2=O)cc1. The van der Waals surface area contributed by atoms with Crippen LogP contribution in [0, 0.1) is 11.3 Å². The minimum absolute atomic E-state index is 0.0135. The first kappa shape index (κ1) is 20.3. The number of nitriles is 1. The molecule has 0 saturated carbocycles. The molecule has 8 heteroatoms. The van der Waals surface area contributed by atoms with Crippen molar-refractivity contribution >= 4 is 37.5 Å². The third-order valence-electron chi connectivity index (χ3n) is 4.55. The smallest absolute Gasteiger partial charge is 0.262 e. The summed E-state index contributed by atoms with van der Waals surface area (Å²) in [6.45, 7) is 0.0766. The summed E-state index contributed by atoms with van der Waals surface area (Å²) in [6.07, 6.45) is 0.560. The Morgan fingerprint density at radius 2 is 1.93 bits per heavy atom. The highest BCUT2D eigenvalue weighted by atomic mass is 79.9. The largest absolute Gasteiger partial charge is 0.491 e. The Morgan fingerprint density at radius 1 is 1.20 bits per heavy atom. The summed E-state index contributed by atoms with van der Waals surface area (Å²) < 4.78 is 7.93. The lowest BCUT2D eigenvalue weighted by atomic mass is 10.1. The van der Waals surface area contributed by atoms with Gasteiger partial charge in [-0.1, -0.05) is 28.1 Å². The molecule has 1 atom stereocenters. The van der Waals surface area contributed by atoms with E-state index in [0.717, 1.165) is 15.6 Å². The van der Waals surface area contributed by atoms with Crippen LogP contribution in [-0.4, -0.2) is 27.4 Å². The van der Waals surface area contributed by atoms with Gasteiger partial charge in [0.05, 0.1) is 29.9 Å². The maximum atomic E-state index is 13.1. The number of rotatable bonds is 6. The molecule has 30 heavy (non-hydrogen) atoms. The summed E-state index contributed by atoms with van der Waals surface area (Å²) in [5.41, 5.74) is 2.10. The molecule has 0 saturated heterocycles. The number of halogens is 1. The quantitative estimate of drug-likeness (QED) is 0.445. The molecule has 2 aromatic heterocycles. The molecule has 0 radical (unpaired) electrons. The van der Waals surface area contributed by atoms with E-state index in [2.05, 4.69) is 20.9 Å². The Bertz CT molecular complexity index is 1270. The van der Waals surface area contributed by atoms with E-state index in [0.29, 0.717) is 21.5 Å². The van der Waals surface area contributed by atoms with Crippen LogP contribution in [0.15, 0.2) is 69.5 Å². The molecule has 0 spiro atoms. The van der Waals surface area contributed by atoms with E-state index >= 15 is 0 Å². The lowest BCUT2D eigenvalue weighted by Gasteiger charge is -2.14. The number of aliphatic hydroxyl groups excluding tert-OH is 1. The zero-order valence-electron chi connectivity index (χ0n) is 15.7. The maximum Gasteiger partial charge on any atom is 0.262 e. The Hall–Kier alpha value is -2.99. The van der Waals surface area contributed by atoms with Crippen LogP contribution in [0.5, 0.6) is 5.75 Å². The van der Waals surface area contributed by atoms with Crippen molar-refractivity contribution in [3.63, 3.8) is 0 Å². The lowest BCUT2D eigenvalue weighted by Crippen LogP contribution is -2.30. The predicted octanol–water partition coefficient (Wildman–Crippen LogP) is 4.20. The van der Waals surface area contributed by atoms with Crippen LogP contribution in [0.4, 0.5) is 0 Å². The molecule has 150 valence electrons. The second-order valence-corrected chi connectivity index (χ2v) is 8.41. The van der Waals surface area contributed by atoms with Gasteiger partial charge in [-0.05, 0) is 42.0 Å². The summed E-state index contributed by atoms with van der Waals surface area (Å²) in [7, 11) is 0. The molecule has 4 rings (SSSR count). The van der Waals surface area contributed by atoms with Gasteiger partial charge in [0, 0.05) is 15.4 Å². The van der Waals surface area contributed by atoms with Crippen LogP contribution in [-0.2, 0) is 6.54 Å². The molecule has 0 fully saturated rings. The third-order valence-corrected chi connectivity index (χ3v) is 5.96. The summed E-state index contributed by atoms with van der Waals surface area (Å²) in [5, 5.41) is 21.7. The Labute approximate surface area is 184 Å². The average molecular weight is 482 g/mol. The number of hydrogen-bond acceptors (Lipinski definition) is 6. The van der Waals surface area contributed by atoms with E-state index in [1.807, 2.05) is 35.7 Å². The van der Waals surface area contributed by atoms with Crippen LogP contribution in [0.3, 0.4) is 0 Å². The number of hydrogen-bond donors (Lipinski definition) is 1. The zero-order valence-corrected chi connectivity index (χ0v) is 18.1. The summed E-state index contributed by atoms with van der Waals surface area (Å²) in [5.74, 6) is 0.546. The second-order valence-electron chi connectivity index (χ2n) is 6.64. The molecule has 0 amide bonds. The third kappa shape index (κ3) is 4.28. The number of aromatic nitrogens is 2. The first-order valence-corrected chi connectivity index (χ1v) is 10.8. The number of thiophene rings is 1. The number of nitrogens with zero attached hydrogens (tertiary/aromatic N) is 3. The van der Waals surface area contributed by atoms with Crippen molar-refractivity contribution in [2.75, 3.05) is 6.61 Å². The molecule has 2 aromatic carbocycles. The van der Waals surface area contributed by atoms with E-state index in [4.69, 9.17) is 10.00 Å². The summed E-state index contributed by atoms with van der Waals surface area (Å²) in [6, 6.07) is 16.4. The van der Waals surface area contributed by atoms with Gasteiger partial charge in [0.25, 0.3) is 5.56 Å². The molecule has 0 aliphatic carbocycles. The lowest BCUT2D eigenvalue weighted by molar-refractivity contribution is 0.0915. The molecule has 0 aliphatic rings. The molecule has 6 nitrogen and oxygen atoms in total. The van der Waals surface area contributed by atoms with Crippen molar-refractivity contribution in [1.29, 1.82) is 5.26 Å². The van der Waals surface area contributed by atoms with Gasteiger partial charge in [-0.25, -0.2) is 4.98 Å². The number of ether oxygens (including phenoxy) is 1. The molecule has 0 aliphatic heterocycles. The molecule has 4 aromatic rings. The van der Waals surface area contributed by atoms with Gasteiger partial charge in [0.15, 0.2) is 0 Å². The van der Waals surface area contributed by atoms with E-state index in [9.17, 15) is 9.90 Å². The van der Waals surface area contributed by atoms with E-state index in [1.165, 1.54) is 22.2 Å². The molecule has 2 heterocycles. The Morgan fingerprint density at radius 3 is 2.63 bits per heavy atom. The first-order valence-electron chi connectivity index (χ1n) is 9.09. The van der Waals surface area contributed by atoms with E-state index < -0.39 is 6.10 Å². The molecular formula is C22H16BrN3O3S. The standard InChI is InChI=1S/C22H16BrN3O3S/c23-16-5-3-15(4-6-16)19-12-30-21-20(19)22(28)26(13-25-21)10-17(27)11-29-18-7-1-14(9-24)2-8-18/h1-8,12-13,17,27H,10-11H2/t17-/m1/s1. The van der Waals surface area contributed by atoms with E-state index in [-0.39, 0.29) is 18.7 Å². The number of benzene rings is 2. The van der Waals surface area contributed by atoms with Gasteiger partial charge in [-0.2, -0.15) is 5.26 Å². The topological polar surface area (TPSA) is 88.1 Å². The number of aliphatic hydroxyl groups is 1. The van der Waals surface area contributed by atoms with Gasteiger partial charge in [0.2, 0.25) is 0 Å². The van der Waals surface area contributed by atoms with Crippen molar-refractivity contribution in [3.8, 4) is 22.9 Å². The summed E-state index contributed by atoms with van der Waals surface area (Å²) >= 11 is 4.84. The van der Waals surface area contributed by atoms with Crippen LogP contribution < -0.4 is 10.3 Å². The van der Waals surface area contributed by atoms with Crippen LogP contribution in [0.1, 0.15) is 5.56 Å². The molecule has 0 bridgehead atoms. The highest BCUT2D eigenvalue weighted by Gasteiger charge is 2.15. The fraction of sp³-hybridized carbons (Fsp3) is 0.136. The monoisotopic (exact) mass is 481 g/mol. The Balaban J connectivity index is 1.53. The van der Waals surface area contributed by atoms with Crippen molar-refractivity contribution < 1.29 is 9.84 Å². The molecular weight excluding hydrogens is 466 g/mol. The fourth-order valence-electron chi connectivity index (χ4n) is 3.04. The highest BCUT2D eigenvalue weighted by Crippen LogP contribution is 2.31. The van der Waals surface area contributed by atoms with Gasteiger partial charge < -0.3 is 9.84 Å². The van der Waals surface area contributed by atoms with Crippen molar-refractivity contribution in [2.24, 2.45) is 0 Å². The van der Waals surface area contributed by atoms with Gasteiger partial charge >= 0.3 is 0 Å². The van der Waals surface area contributed by atoms with Crippen molar-refractivity contribution in [1.82, 2.24) is 9.55 Å². The van der Waals surface area contributed by atoms with Crippen LogP contribution >= 0.6 is 27.3 Å². The van der Waals surface area contributed by atoms with Gasteiger partial charge in [-0.15, -0.1) is 11.3 Å². The minimum atomic E-state index is -0.896. The Kier molecular flexibility index (Phi) is 5.95. The van der Waals surface area contributed by atoms with Gasteiger partial charge in [0.1, 0.15) is 23.3 Å². The predicted molar refractivity (Wildman–Crippen MR) is 120 cm³/mol. The first-order chi connectivity index (χ1) is 14.5. The normalized spacial score (nSPS) is 11.9. The van der Waals surface area contributed by atoms with E-state index in [1.54, 1.807) is 24.3 Å². The van der Waals surface area contributed by atoms with Crippen molar-refractivity contribution in [3.05, 3.63) is 80.6 Å². The zero-order chi connectivity index (χ0) is 21.1. The molecule has 1 N–H and O–H groups in total. The summed E-state index contributed by atoms with van der Waals surface area (Å²) in [4.78, 5) is 18.1. The maximum absolute atomic E-state index is 13.1. The van der Waals surface area contributed by atoms with Crippen molar-refractivity contribution in [2.45, 2.75) is 12.6 Å².